The van der Waals surface area contributed by atoms with E-state index in [2.05, 4.69) is 38.2 Å². The van der Waals surface area contributed by atoms with Gasteiger partial charge in [-0.2, -0.15) is 4.98 Å². The van der Waals surface area contributed by atoms with Gasteiger partial charge in [0, 0.05) is 29.8 Å². The van der Waals surface area contributed by atoms with E-state index in [9.17, 15) is 27.1 Å². The van der Waals surface area contributed by atoms with Gasteiger partial charge in [-0.25, -0.2) is 21.5 Å². The monoisotopic (exact) mass is 634 g/mol. The van der Waals surface area contributed by atoms with Gasteiger partial charge >= 0.3 is 6.01 Å². The lowest BCUT2D eigenvalue weighted by molar-refractivity contribution is 0.0825. The third-order valence-corrected chi connectivity index (χ3v) is 7.04. The van der Waals surface area contributed by atoms with Crippen molar-refractivity contribution < 1.29 is 31.5 Å². The van der Waals surface area contributed by atoms with Gasteiger partial charge in [0.1, 0.15) is 17.9 Å². The summed E-state index contributed by atoms with van der Waals surface area (Å²) in [7, 11) is -2.45. The minimum Gasteiger partial charge on any atom is -0.430 e. The SMILES string of the molecule is CN(c1nc(C(=O)NC(Cc2cc(F)cc(F)c2)C(O)CNCc2cccc(I)c2)co1)S(C)(=O)=O. The number of halogens is 3. The number of anilines is 1. The molecule has 3 rings (SSSR count). The zero-order valence-electron chi connectivity index (χ0n) is 19.4. The Hall–Kier alpha value is -2.62. The van der Waals surface area contributed by atoms with Gasteiger partial charge in [-0.15, -0.1) is 0 Å². The fraction of sp³-hybridized carbons (Fsp3) is 0.304. The number of oxazole rings is 1. The zero-order valence-corrected chi connectivity index (χ0v) is 22.4. The number of amides is 1. The van der Waals surface area contributed by atoms with Crippen LogP contribution in [0.2, 0.25) is 0 Å². The fourth-order valence-electron chi connectivity index (χ4n) is 3.32. The highest BCUT2D eigenvalue weighted by Crippen LogP contribution is 2.16. The quantitative estimate of drug-likeness (QED) is 0.277. The summed E-state index contributed by atoms with van der Waals surface area (Å²) in [6, 6.07) is 9.44. The average molecular weight is 634 g/mol. The molecule has 36 heavy (non-hydrogen) atoms. The molecule has 9 nitrogen and oxygen atoms in total. The number of nitrogens with zero attached hydrogens (tertiary/aromatic N) is 2. The van der Waals surface area contributed by atoms with Gasteiger partial charge in [0.2, 0.25) is 10.0 Å². The minimum atomic E-state index is -3.66. The third-order valence-electron chi connectivity index (χ3n) is 5.22. The van der Waals surface area contributed by atoms with Crippen molar-refractivity contribution in [2.75, 3.05) is 24.2 Å². The second-order valence-corrected chi connectivity index (χ2v) is 11.4. The maximum absolute atomic E-state index is 13.7. The Morgan fingerprint density at radius 1 is 1.19 bits per heavy atom. The number of sulfonamides is 1. The molecule has 0 aliphatic rings. The van der Waals surface area contributed by atoms with Gasteiger partial charge in [0.15, 0.2) is 5.69 Å². The number of nitrogens with one attached hydrogen (secondary N) is 2. The van der Waals surface area contributed by atoms with Gasteiger partial charge in [-0.1, -0.05) is 12.1 Å². The first-order valence-corrected chi connectivity index (χ1v) is 13.6. The predicted molar refractivity (Wildman–Crippen MR) is 138 cm³/mol. The molecule has 2 atom stereocenters. The van der Waals surface area contributed by atoms with Crippen molar-refractivity contribution >= 4 is 44.5 Å². The molecule has 3 N–H and O–H groups in total. The van der Waals surface area contributed by atoms with E-state index in [0.29, 0.717) is 6.54 Å². The molecule has 194 valence electrons. The molecule has 13 heteroatoms. The number of rotatable bonds is 11. The van der Waals surface area contributed by atoms with E-state index in [0.717, 1.165) is 44.2 Å². The summed E-state index contributed by atoms with van der Waals surface area (Å²) in [6.45, 7) is 0.517. The summed E-state index contributed by atoms with van der Waals surface area (Å²) in [4.78, 5) is 16.7. The van der Waals surface area contributed by atoms with Crippen molar-refractivity contribution in [2.24, 2.45) is 0 Å². The molecule has 0 aliphatic heterocycles. The number of hydrogen-bond acceptors (Lipinski definition) is 7. The Balaban J connectivity index is 1.74. The Labute approximate surface area is 221 Å². The summed E-state index contributed by atoms with van der Waals surface area (Å²) in [6.07, 6.45) is 0.700. The highest BCUT2D eigenvalue weighted by Gasteiger charge is 2.26. The first kappa shape index (κ1) is 28.0. The fourth-order valence-corrected chi connectivity index (χ4v) is 4.29. The van der Waals surface area contributed by atoms with Crippen LogP contribution in [0, 0.1) is 15.2 Å². The van der Waals surface area contributed by atoms with Crippen LogP contribution in [0.1, 0.15) is 21.6 Å². The molecule has 0 aliphatic carbocycles. The topological polar surface area (TPSA) is 125 Å². The lowest BCUT2D eigenvalue weighted by Crippen LogP contribution is -2.48. The van der Waals surface area contributed by atoms with Gasteiger partial charge in [0.05, 0.1) is 18.4 Å². The number of carbonyl (C=O) groups is 1. The minimum absolute atomic E-state index is 0.0646. The maximum atomic E-state index is 13.7. The van der Waals surface area contributed by atoms with Crippen molar-refractivity contribution in [1.82, 2.24) is 15.6 Å². The lowest BCUT2D eigenvalue weighted by atomic mass is 10.0. The van der Waals surface area contributed by atoms with Gasteiger partial charge in [-0.05, 0) is 64.4 Å². The number of carbonyl (C=O) groups excluding carboxylic acids is 1. The van der Waals surface area contributed by atoms with E-state index in [1.54, 1.807) is 0 Å². The molecular weight excluding hydrogens is 609 g/mol. The van der Waals surface area contributed by atoms with Crippen molar-refractivity contribution in [3.05, 3.63) is 80.8 Å². The molecule has 0 spiro atoms. The summed E-state index contributed by atoms with van der Waals surface area (Å²) in [5.41, 5.74) is 0.995. The van der Waals surface area contributed by atoms with E-state index in [1.807, 2.05) is 24.3 Å². The smallest absolute Gasteiger partial charge is 0.311 e. The van der Waals surface area contributed by atoms with Crippen molar-refractivity contribution in [1.29, 1.82) is 0 Å². The summed E-state index contributed by atoms with van der Waals surface area (Å²) in [5, 5.41) is 16.5. The van der Waals surface area contributed by atoms with E-state index in [-0.39, 0.29) is 30.2 Å². The molecular formula is C23H25F2IN4O5S. The maximum Gasteiger partial charge on any atom is 0.311 e. The second-order valence-electron chi connectivity index (χ2n) is 8.14. The molecule has 0 bridgehead atoms. The Morgan fingerprint density at radius 2 is 1.89 bits per heavy atom. The largest absolute Gasteiger partial charge is 0.430 e. The molecule has 2 unspecified atom stereocenters. The first-order chi connectivity index (χ1) is 16.9. The van der Waals surface area contributed by atoms with Crippen LogP contribution >= 0.6 is 22.6 Å². The molecule has 1 aromatic heterocycles. The lowest BCUT2D eigenvalue weighted by Gasteiger charge is -2.24. The normalized spacial score (nSPS) is 13.3. The van der Waals surface area contributed by atoms with E-state index in [4.69, 9.17) is 4.42 Å². The van der Waals surface area contributed by atoms with Crippen LogP contribution in [0.15, 0.2) is 53.1 Å². The van der Waals surface area contributed by atoms with Gasteiger partial charge < -0.3 is 20.2 Å². The molecule has 0 saturated carbocycles. The number of benzene rings is 2. The van der Waals surface area contributed by atoms with E-state index >= 15 is 0 Å². The highest BCUT2D eigenvalue weighted by atomic mass is 127. The van der Waals surface area contributed by atoms with Crippen LogP contribution in [0.3, 0.4) is 0 Å². The first-order valence-electron chi connectivity index (χ1n) is 10.7. The molecule has 3 aromatic rings. The Bertz CT molecular complexity index is 1300. The second kappa shape index (κ2) is 12.1. The molecule has 2 aromatic carbocycles. The molecule has 1 heterocycles. The predicted octanol–water partition coefficient (Wildman–Crippen LogP) is 2.45. The third kappa shape index (κ3) is 7.94. The van der Waals surface area contributed by atoms with Crippen LogP contribution < -0.4 is 14.9 Å². The number of aliphatic hydroxyl groups is 1. The molecule has 0 radical (unpaired) electrons. The Morgan fingerprint density at radius 3 is 2.53 bits per heavy atom. The van der Waals surface area contributed by atoms with Crippen LogP contribution in [-0.2, 0) is 23.0 Å². The van der Waals surface area contributed by atoms with Crippen LogP contribution in [-0.4, -0.2) is 56.4 Å². The van der Waals surface area contributed by atoms with Crippen LogP contribution in [0.25, 0.3) is 0 Å². The summed E-state index contributed by atoms with van der Waals surface area (Å²) < 4.78 is 57.7. The molecule has 1 amide bonds. The van der Waals surface area contributed by atoms with Crippen molar-refractivity contribution in [3.63, 3.8) is 0 Å². The average Bonchev–Trinajstić information content (AvgIpc) is 3.27. The molecule has 0 fully saturated rings. The van der Waals surface area contributed by atoms with E-state index in [1.165, 1.54) is 7.05 Å². The zero-order chi connectivity index (χ0) is 26.5. The standard InChI is InChI=1S/C23H25F2IN4O5S/c1-30(36(2,33)34)23-29-20(13-35-23)22(32)28-19(9-15-6-16(24)10-17(25)7-15)21(31)12-27-11-14-4-3-5-18(26)8-14/h3-8,10,13,19,21,27,31H,9,11-12H2,1-2H3,(H,28,32). The van der Waals surface area contributed by atoms with Crippen LogP contribution in [0.4, 0.5) is 14.8 Å². The molecule has 0 saturated heterocycles. The van der Waals surface area contributed by atoms with E-state index < -0.39 is 39.7 Å². The van der Waals surface area contributed by atoms with Gasteiger partial charge in [0.25, 0.3) is 5.91 Å². The highest BCUT2D eigenvalue weighted by molar-refractivity contribution is 14.1. The number of hydrogen-bond donors (Lipinski definition) is 3. The van der Waals surface area contributed by atoms with Gasteiger partial charge in [-0.3, -0.25) is 4.79 Å². The van der Waals surface area contributed by atoms with Crippen molar-refractivity contribution in [2.45, 2.75) is 25.1 Å². The Kier molecular flexibility index (Phi) is 9.38. The van der Waals surface area contributed by atoms with Crippen LogP contribution in [0.5, 0.6) is 0 Å². The number of aliphatic hydroxyl groups excluding tert-OH is 1. The number of aromatic nitrogens is 1. The van der Waals surface area contributed by atoms with Crippen molar-refractivity contribution in [3.8, 4) is 0 Å². The summed E-state index contributed by atoms with van der Waals surface area (Å²) >= 11 is 2.19. The summed E-state index contributed by atoms with van der Waals surface area (Å²) in [5.74, 6) is -2.33.